The Morgan fingerprint density at radius 2 is 2.00 bits per heavy atom. The first kappa shape index (κ1) is 11.2. The number of benzene rings is 1. The molecule has 0 radical (unpaired) electrons. The van der Waals surface area contributed by atoms with Crippen LogP contribution >= 0.6 is 11.6 Å². The van der Waals surface area contributed by atoms with Crippen LogP contribution in [-0.4, -0.2) is 12.4 Å². The van der Waals surface area contributed by atoms with E-state index >= 15 is 0 Å². The van der Waals surface area contributed by atoms with Gasteiger partial charge in [-0.05, 0) is 18.6 Å². The summed E-state index contributed by atoms with van der Waals surface area (Å²) in [5.41, 5.74) is 0.132. The predicted molar refractivity (Wildman–Crippen MR) is 58.8 cm³/mol. The zero-order chi connectivity index (χ0) is 11.5. The molecule has 0 aliphatic carbocycles. The average Bonchev–Trinajstić information content (AvgIpc) is 2.31. The van der Waals surface area contributed by atoms with E-state index in [2.05, 4.69) is 0 Å². The molecule has 0 bridgehead atoms. The van der Waals surface area contributed by atoms with Crippen LogP contribution in [0.2, 0.25) is 0 Å². The number of hydrogen-bond acceptors (Lipinski definition) is 2. The molecule has 0 aromatic heterocycles. The van der Waals surface area contributed by atoms with Gasteiger partial charge in [-0.2, -0.15) is 0 Å². The van der Waals surface area contributed by atoms with Crippen LogP contribution in [-0.2, 0) is 0 Å². The van der Waals surface area contributed by atoms with Crippen molar-refractivity contribution in [2.24, 2.45) is 0 Å². The first-order chi connectivity index (χ1) is 7.74. The van der Waals surface area contributed by atoms with Gasteiger partial charge in [0.1, 0.15) is 11.9 Å². The van der Waals surface area contributed by atoms with Crippen molar-refractivity contribution >= 4 is 17.3 Å². The molecule has 5 heteroatoms. The standard InChI is InChI=1S/C11H10ClF2NO/c12-4-1-5-15-6-7-16-11-9(14)3-2-8(13)10(11)15/h2-3,6-7H,1,4-5H2. The van der Waals surface area contributed by atoms with Gasteiger partial charge in [0, 0.05) is 18.6 Å². The number of rotatable bonds is 3. The van der Waals surface area contributed by atoms with E-state index in [1.54, 1.807) is 11.1 Å². The number of anilines is 1. The molecule has 1 aliphatic rings. The largest absolute Gasteiger partial charge is 0.458 e. The third-order valence-corrected chi connectivity index (χ3v) is 2.55. The lowest BCUT2D eigenvalue weighted by Gasteiger charge is -2.26. The maximum Gasteiger partial charge on any atom is 0.188 e. The molecule has 2 rings (SSSR count). The van der Waals surface area contributed by atoms with Crippen molar-refractivity contribution in [1.29, 1.82) is 0 Å². The molecular formula is C11H10ClF2NO. The molecule has 1 aromatic rings. The summed E-state index contributed by atoms with van der Waals surface area (Å²) in [5.74, 6) is -0.679. The summed E-state index contributed by atoms with van der Waals surface area (Å²) in [6, 6.07) is 2.14. The highest BCUT2D eigenvalue weighted by atomic mass is 35.5. The Morgan fingerprint density at radius 1 is 1.25 bits per heavy atom. The van der Waals surface area contributed by atoms with Crippen LogP contribution in [0.15, 0.2) is 24.6 Å². The van der Waals surface area contributed by atoms with Crippen molar-refractivity contribution in [2.45, 2.75) is 6.42 Å². The van der Waals surface area contributed by atoms with Gasteiger partial charge in [0.15, 0.2) is 17.4 Å². The van der Waals surface area contributed by atoms with Crippen molar-refractivity contribution in [3.8, 4) is 5.75 Å². The van der Waals surface area contributed by atoms with E-state index in [9.17, 15) is 8.78 Å². The van der Waals surface area contributed by atoms with E-state index < -0.39 is 11.6 Å². The van der Waals surface area contributed by atoms with Crippen LogP contribution in [0.1, 0.15) is 6.42 Å². The molecule has 1 aliphatic heterocycles. The quantitative estimate of drug-likeness (QED) is 0.758. The Bertz CT molecular complexity index is 423. The maximum atomic E-state index is 13.6. The summed E-state index contributed by atoms with van der Waals surface area (Å²) in [5, 5.41) is 0. The van der Waals surface area contributed by atoms with Crippen molar-refractivity contribution in [2.75, 3.05) is 17.3 Å². The summed E-state index contributed by atoms with van der Waals surface area (Å²) in [6.07, 6.45) is 3.58. The maximum absolute atomic E-state index is 13.6. The zero-order valence-electron chi connectivity index (χ0n) is 8.42. The SMILES string of the molecule is Fc1ccc(F)c2c1OC=CN2CCCCl. The molecule has 0 unspecified atom stereocenters. The second-order valence-corrected chi connectivity index (χ2v) is 3.72. The molecule has 0 saturated carbocycles. The lowest BCUT2D eigenvalue weighted by molar-refractivity contribution is 0.424. The van der Waals surface area contributed by atoms with Crippen molar-refractivity contribution < 1.29 is 13.5 Å². The van der Waals surface area contributed by atoms with E-state index in [-0.39, 0.29) is 11.4 Å². The summed E-state index contributed by atoms with van der Waals surface area (Å²) < 4.78 is 31.9. The summed E-state index contributed by atoms with van der Waals surface area (Å²) >= 11 is 5.57. The smallest absolute Gasteiger partial charge is 0.188 e. The fourth-order valence-corrected chi connectivity index (χ4v) is 1.68. The van der Waals surface area contributed by atoms with E-state index in [1.807, 2.05) is 0 Å². The van der Waals surface area contributed by atoms with Crippen LogP contribution in [0.25, 0.3) is 0 Å². The van der Waals surface area contributed by atoms with Crippen LogP contribution < -0.4 is 9.64 Å². The normalized spacial score (nSPS) is 13.6. The van der Waals surface area contributed by atoms with Gasteiger partial charge in [-0.15, -0.1) is 11.6 Å². The molecule has 0 saturated heterocycles. The Labute approximate surface area is 97.1 Å². The Kier molecular flexibility index (Phi) is 3.29. The van der Waals surface area contributed by atoms with Gasteiger partial charge in [-0.1, -0.05) is 0 Å². The molecule has 86 valence electrons. The lowest BCUT2D eigenvalue weighted by atomic mass is 10.2. The van der Waals surface area contributed by atoms with Crippen LogP contribution in [0.3, 0.4) is 0 Å². The van der Waals surface area contributed by atoms with Crippen LogP contribution in [0.5, 0.6) is 5.75 Å². The third kappa shape index (κ3) is 1.97. The Morgan fingerprint density at radius 3 is 2.75 bits per heavy atom. The van der Waals surface area contributed by atoms with Gasteiger partial charge in [-0.25, -0.2) is 8.78 Å². The monoisotopic (exact) mass is 245 g/mol. The van der Waals surface area contributed by atoms with Gasteiger partial charge in [0.2, 0.25) is 0 Å². The van der Waals surface area contributed by atoms with E-state index in [0.717, 1.165) is 12.1 Å². The molecule has 0 fully saturated rings. The number of fused-ring (bicyclic) bond motifs is 1. The predicted octanol–water partition coefficient (Wildman–Crippen LogP) is 3.26. The fraction of sp³-hybridized carbons (Fsp3) is 0.273. The average molecular weight is 246 g/mol. The van der Waals surface area contributed by atoms with Gasteiger partial charge in [-0.3, -0.25) is 0 Å². The third-order valence-electron chi connectivity index (χ3n) is 2.28. The van der Waals surface area contributed by atoms with Crippen LogP contribution in [0.4, 0.5) is 14.5 Å². The van der Waals surface area contributed by atoms with E-state index in [0.29, 0.717) is 18.8 Å². The molecule has 0 atom stereocenters. The first-order valence-electron chi connectivity index (χ1n) is 4.88. The molecule has 0 amide bonds. The summed E-state index contributed by atoms with van der Waals surface area (Å²) in [7, 11) is 0. The van der Waals surface area contributed by atoms with Gasteiger partial charge in [0.05, 0.1) is 0 Å². The zero-order valence-corrected chi connectivity index (χ0v) is 9.18. The second-order valence-electron chi connectivity index (χ2n) is 3.35. The van der Waals surface area contributed by atoms with E-state index in [1.165, 1.54) is 6.26 Å². The van der Waals surface area contributed by atoms with E-state index in [4.69, 9.17) is 16.3 Å². The van der Waals surface area contributed by atoms with Crippen molar-refractivity contribution in [3.05, 3.63) is 36.2 Å². The minimum atomic E-state index is -0.573. The van der Waals surface area contributed by atoms with Gasteiger partial charge in [0.25, 0.3) is 0 Å². The first-order valence-corrected chi connectivity index (χ1v) is 5.41. The Balaban J connectivity index is 2.36. The molecular weight excluding hydrogens is 236 g/mol. The number of hydrogen-bond donors (Lipinski definition) is 0. The van der Waals surface area contributed by atoms with Gasteiger partial charge >= 0.3 is 0 Å². The highest BCUT2D eigenvalue weighted by molar-refractivity contribution is 6.17. The second kappa shape index (κ2) is 4.70. The van der Waals surface area contributed by atoms with Gasteiger partial charge < -0.3 is 9.64 Å². The van der Waals surface area contributed by atoms with Crippen LogP contribution in [0, 0.1) is 11.6 Å². The minimum absolute atomic E-state index is 0.0722. The Hall–Kier alpha value is -1.29. The molecule has 16 heavy (non-hydrogen) atoms. The lowest BCUT2D eigenvalue weighted by Crippen LogP contribution is -2.23. The number of alkyl halides is 1. The number of ether oxygens (including phenoxy) is 1. The summed E-state index contributed by atoms with van der Waals surface area (Å²) in [6.45, 7) is 0.525. The summed E-state index contributed by atoms with van der Waals surface area (Å²) in [4.78, 5) is 1.60. The molecule has 0 N–H and O–H groups in total. The minimum Gasteiger partial charge on any atom is -0.458 e. The number of halogens is 3. The van der Waals surface area contributed by atoms with Crippen molar-refractivity contribution in [1.82, 2.24) is 0 Å². The van der Waals surface area contributed by atoms with Crippen molar-refractivity contribution in [3.63, 3.8) is 0 Å². The molecule has 2 nitrogen and oxygen atoms in total. The highest BCUT2D eigenvalue weighted by Crippen LogP contribution is 2.36. The number of nitrogens with zero attached hydrogens (tertiary/aromatic N) is 1. The highest BCUT2D eigenvalue weighted by Gasteiger charge is 2.22. The molecule has 1 heterocycles. The fourth-order valence-electron chi connectivity index (χ4n) is 1.57. The molecule has 1 aromatic carbocycles. The molecule has 0 spiro atoms. The topological polar surface area (TPSA) is 12.5 Å².